The summed E-state index contributed by atoms with van der Waals surface area (Å²) in [4.78, 5) is 15.5. The minimum absolute atomic E-state index is 0.0106. The maximum atomic E-state index is 11.8. The number of carbonyl (C=O) groups is 1. The Morgan fingerprint density at radius 2 is 2.35 bits per heavy atom. The van der Waals surface area contributed by atoms with Crippen LogP contribution in [0.4, 0.5) is 11.6 Å². The normalized spacial score (nSPS) is 10.3. The van der Waals surface area contributed by atoms with Gasteiger partial charge in [0.05, 0.1) is 11.6 Å². The maximum Gasteiger partial charge on any atom is 0.293 e. The number of amides is 1. The van der Waals surface area contributed by atoms with Crippen molar-refractivity contribution in [2.45, 2.75) is 13.3 Å². The fraction of sp³-hybridized carbons (Fsp3) is 0.250. The Balaban J connectivity index is 2.06. The summed E-state index contributed by atoms with van der Waals surface area (Å²) < 4.78 is 5.44. The predicted molar refractivity (Wildman–Crippen MR) is 76.0 cm³/mol. The Hall–Kier alpha value is -2.28. The number of nitrogens with zero attached hydrogens (tertiary/aromatic N) is 2. The standard InChI is InChI=1S/C12H14ClN5O2/c1-2-5-20-9-4-3-7(6-8(9)13)15-11(19)10-16-12(14)18-17-10/h3-4,6H,2,5H2,1H3,(H,15,19)(H3,14,16,17,18). The molecular weight excluding hydrogens is 282 g/mol. The van der Waals surface area contributed by atoms with Crippen molar-refractivity contribution in [1.82, 2.24) is 15.2 Å². The van der Waals surface area contributed by atoms with Crippen LogP contribution in [-0.4, -0.2) is 27.7 Å². The number of aromatic nitrogens is 3. The van der Waals surface area contributed by atoms with Crippen molar-refractivity contribution in [3.63, 3.8) is 0 Å². The molecule has 7 nitrogen and oxygen atoms in total. The fourth-order valence-corrected chi connectivity index (χ4v) is 1.71. The molecule has 0 bridgehead atoms. The first kappa shape index (κ1) is 14.1. The van der Waals surface area contributed by atoms with E-state index in [-0.39, 0.29) is 11.8 Å². The van der Waals surface area contributed by atoms with Crippen LogP contribution in [0, 0.1) is 0 Å². The van der Waals surface area contributed by atoms with Gasteiger partial charge in [0.25, 0.3) is 5.91 Å². The van der Waals surface area contributed by atoms with E-state index in [0.29, 0.717) is 23.1 Å². The van der Waals surface area contributed by atoms with E-state index in [1.165, 1.54) is 0 Å². The molecule has 1 aromatic carbocycles. The number of carbonyl (C=O) groups excluding carboxylic acids is 1. The summed E-state index contributed by atoms with van der Waals surface area (Å²) >= 11 is 6.07. The lowest BCUT2D eigenvalue weighted by atomic mass is 10.3. The SMILES string of the molecule is CCCOc1ccc(NC(=O)c2nc(N)n[nH]2)cc1Cl. The molecule has 0 aliphatic heterocycles. The molecule has 0 aliphatic carbocycles. The Morgan fingerprint density at radius 3 is 2.95 bits per heavy atom. The molecule has 0 spiro atoms. The van der Waals surface area contributed by atoms with Gasteiger partial charge in [-0.05, 0) is 24.6 Å². The number of nitrogens with one attached hydrogen (secondary N) is 2. The number of hydrogen-bond donors (Lipinski definition) is 3. The summed E-state index contributed by atoms with van der Waals surface area (Å²) in [5, 5.41) is 9.05. The van der Waals surface area contributed by atoms with Crippen molar-refractivity contribution in [2.75, 3.05) is 17.7 Å². The molecule has 1 aromatic heterocycles. The third kappa shape index (κ3) is 3.39. The first-order valence-electron chi connectivity index (χ1n) is 6.01. The second kappa shape index (κ2) is 6.25. The second-order valence-corrected chi connectivity index (χ2v) is 4.40. The lowest BCUT2D eigenvalue weighted by Gasteiger charge is -2.09. The highest BCUT2D eigenvalue weighted by molar-refractivity contribution is 6.32. The highest BCUT2D eigenvalue weighted by atomic mass is 35.5. The van der Waals surface area contributed by atoms with Crippen LogP contribution in [0.15, 0.2) is 18.2 Å². The van der Waals surface area contributed by atoms with E-state index < -0.39 is 5.91 Å². The van der Waals surface area contributed by atoms with Crippen LogP contribution in [0.1, 0.15) is 24.0 Å². The van der Waals surface area contributed by atoms with Crippen LogP contribution in [0.2, 0.25) is 5.02 Å². The number of benzene rings is 1. The predicted octanol–water partition coefficient (Wildman–Crippen LogP) is 2.08. The number of aromatic amines is 1. The molecule has 0 unspecified atom stereocenters. The fourth-order valence-electron chi connectivity index (χ4n) is 1.47. The minimum atomic E-state index is -0.451. The summed E-state index contributed by atoms with van der Waals surface area (Å²) in [6.45, 7) is 2.59. The Labute approximate surface area is 120 Å². The van der Waals surface area contributed by atoms with E-state index in [4.69, 9.17) is 22.1 Å². The summed E-state index contributed by atoms with van der Waals surface area (Å²) in [5.74, 6) is 0.171. The third-order valence-corrected chi connectivity index (χ3v) is 2.66. The van der Waals surface area contributed by atoms with Gasteiger partial charge in [-0.2, -0.15) is 4.98 Å². The average Bonchev–Trinajstić information content (AvgIpc) is 2.85. The van der Waals surface area contributed by atoms with Crippen LogP contribution >= 0.6 is 11.6 Å². The molecule has 0 fully saturated rings. The Kier molecular flexibility index (Phi) is 4.41. The Morgan fingerprint density at radius 1 is 1.55 bits per heavy atom. The number of halogens is 1. The van der Waals surface area contributed by atoms with Gasteiger partial charge in [0, 0.05) is 5.69 Å². The highest BCUT2D eigenvalue weighted by Crippen LogP contribution is 2.27. The summed E-state index contributed by atoms with van der Waals surface area (Å²) in [6.07, 6.45) is 0.891. The van der Waals surface area contributed by atoms with E-state index in [1.54, 1.807) is 18.2 Å². The second-order valence-electron chi connectivity index (χ2n) is 3.99. The number of nitrogen functional groups attached to an aromatic ring is 1. The molecule has 0 atom stereocenters. The van der Waals surface area contributed by atoms with E-state index in [2.05, 4.69) is 20.5 Å². The quantitative estimate of drug-likeness (QED) is 0.783. The molecule has 4 N–H and O–H groups in total. The number of ether oxygens (including phenoxy) is 1. The summed E-state index contributed by atoms with van der Waals surface area (Å²) in [5.41, 5.74) is 5.86. The number of H-pyrrole nitrogens is 1. The molecule has 2 aromatic rings. The van der Waals surface area contributed by atoms with Gasteiger partial charge in [-0.1, -0.05) is 18.5 Å². The molecule has 0 saturated carbocycles. The van der Waals surface area contributed by atoms with E-state index >= 15 is 0 Å². The van der Waals surface area contributed by atoms with Crippen LogP contribution in [0.25, 0.3) is 0 Å². The molecular formula is C12H14ClN5O2. The van der Waals surface area contributed by atoms with Crippen LogP contribution in [-0.2, 0) is 0 Å². The van der Waals surface area contributed by atoms with Crippen molar-refractivity contribution < 1.29 is 9.53 Å². The van der Waals surface area contributed by atoms with Gasteiger partial charge in [0.2, 0.25) is 11.8 Å². The number of rotatable bonds is 5. The average molecular weight is 296 g/mol. The molecule has 20 heavy (non-hydrogen) atoms. The van der Waals surface area contributed by atoms with Gasteiger partial charge < -0.3 is 15.8 Å². The zero-order valence-corrected chi connectivity index (χ0v) is 11.6. The van der Waals surface area contributed by atoms with Gasteiger partial charge in [-0.3, -0.25) is 9.89 Å². The highest BCUT2D eigenvalue weighted by Gasteiger charge is 2.12. The van der Waals surface area contributed by atoms with Crippen molar-refractivity contribution in [3.8, 4) is 5.75 Å². The lowest BCUT2D eigenvalue weighted by Crippen LogP contribution is -2.13. The van der Waals surface area contributed by atoms with Gasteiger partial charge in [-0.15, -0.1) is 5.10 Å². The number of nitrogens with two attached hydrogens (primary N) is 1. The monoisotopic (exact) mass is 295 g/mol. The van der Waals surface area contributed by atoms with Crippen molar-refractivity contribution in [3.05, 3.63) is 29.0 Å². The molecule has 1 amide bonds. The van der Waals surface area contributed by atoms with Gasteiger partial charge in [0.1, 0.15) is 5.75 Å². The number of hydrogen-bond acceptors (Lipinski definition) is 5. The van der Waals surface area contributed by atoms with Gasteiger partial charge in [0.15, 0.2) is 0 Å². The maximum absolute atomic E-state index is 11.8. The first-order chi connectivity index (χ1) is 9.60. The van der Waals surface area contributed by atoms with Crippen LogP contribution in [0.5, 0.6) is 5.75 Å². The first-order valence-corrected chi connectivity index (χ1v) is 6.39. The molecule has 1 heterocycles. The topological polar surface area (TPSA) is 106 Å². The molecule has 2 rings (SSSR count). The van der Waals surface area contributed by atoms with E-state index in [0.717, 1.165) is 6.42 Å². The largest absolute Gasteiger partial charge is 0.492 e. The molecule has 8 heteroatoms. The van der Waals surface area contributed by atoms with Crippen LogP contribution < -0.4 is 15.8 Å². The zero-order chi connectivity index (χ0) is 14.5. The molecule has 0 aliphatic rings. The Bertz CT molecular complexity index is 614. The molecule has 0 radical (unpaired) electrons. The van der Waals surface area contributed by atoms with E-state index in [9.17, 15) is 4.79 Å². The van der Waals surface area contributed by atoms with Gasteiger partial charge in [-0.25, -0.2) is 0 Å². The zero-order valence-electron chi connectivity index (χ0n) is 10.8. The van der Waals surface area contributed by atoms with Crippen LogP contribution in [0.3, 0.4) is 0 Å². The van der Waals surface area contributed by atoms with Crippen molar-refractivity contribution >= 4 is 29.1 Å². The third-order valence-electron chi connectivity index (χ3n) is 2.37. The van der Waals surface area contributed by atoms with Gasteiger partial charge >= 0.3 is 0 Å². The van der Waals surface area contributed by atoms with Crippen molar-refractivity contribution in [1.29, 1.82) is 0 Å². The minimum Gasteiger partial charge on any atom is -0.492 e. The lowest BCUT2D eigenvalue weighted by molar-refractivity contribution is 0.101. The van der Waals surface area contributed by atoms with Crippen molar-refractivity contribution in [2.24, 2.45) is 0 Å². The molecule has 106 valence electrons. The number of anilines is 2. The van der Waals surface area contributed by atoms with E-state index in [1.807, 2.05) is 6.92 Å². The molecule has 0 saturated heterocycles. The smallest absolute Gasteiger partial charge is 0.293 e. The summed E-state index contributed by atoms with van der Waals surface area (Å²) in [6, 6.07) is 4.99. The summed E-state index contributed by atoms with van der Waals surface area (Å²) in [7, 11) is 0.